The maximum atomic E-state index is 13.0. The van der Waals surface area contributed by atoms with Crippen molar-refractivity contribution < 1.29 is 4.39 Å². The monoisotopic (exact) mass is 280 g/mol. The van der Waals surface area contributed by atoms with Gasteiger partial charge in [-0.2, -0.15) is 0 Å². The van der Waals surface area contributed by atoms with E-state index in [0.29, 0.717) is 12.6 Å². The van der Waals surface area contributed by atoms with E-state index in [1.165, 1.54) is 18.9 Å². The molecule has 3 rings (SSSR count). The van der Waals surface area contributed by atoms with Crippen LogP contribution in [0.1, 0.15) is 24.1 Å². The topological polar surface area (TPSA) is 42.7 Å². The Labute approximate surface area is 115 Å². The number of halogens is 2. The smallest absolute Gasteiger partial charge is 0.141 e. The molecule has 0 radical (unpaired) electrons. The summed E-state index contributed by atoms with van der Waals surface area (Å²) in [5, 5.41) is 11.7. The first kappa shape index (κ1) is 12.6. The van der Waals surface area contributed by atoms with E-state index in [-0.39, 0.29) is 5.02 Å². The van der Waals surface area contributed by atoms with Crippen molar-refractivity contribution in [2.75, 3.05) is 0 Å². The van der Waals surface area contributed by atoms with Gasteiger partial charge in [-0.25, -0.2) is 9.07 Å². The molecular formula is C13H14ClFN4. The highest BCUT2D eigenvalue weighted by Crippen LogP contribution is 2.19. The van der Waals surface area contributed by atoms with E-state index < -0.39 is 5.82 Å². The van der Waals surface area contributed by atoms with E-state index in [1.807, 2.05) is 6.20 Å². The van der Waals surface area contributed by atoms with Gasteiger partial charge in [-0.15, -0.1) is 5.10 Å². The number of nitrogens with one attached hydrogen (secondary N) is 1. The second-order valence-electron chi connectivity index (χ2n) is 4.81. The first-order valence-electron chi connectivity index (χ1n) is 6.27. The molecule has 100 valence electrons. The van der Waals surface area contributed by atoms with Gasteiger partial charge < -0.3 is 5.32 Å². The quantitative estimate of drug-likeness (QED) is 0.914. The molecule has 1 fully saturated rings. The van der Waals surface area contributed by atoms with Crippen LogP contribution in [0.3, 0.4) is 0 Å². The molecule has 1 aromatic heterocycles. The Morgan fingerprint density at radius 1 is 1.42 bits per heavy atom. The van der Waals surface area contributed by atoms with Gasteiger partial charge in [0.1, 0.15) is 5.82 Å². The standard InChI is InChI=1S/C13H14ClFN4/c14-12-5-9(1-4-13(12)15)7-19-8-11(17-18-19)6-16-10-2-3-10/h1,4-5,8,10,16H,2-3,6-7H2. The molecule has 0 bridgehead atoms. The highest BCUT2D eigenvalue weighted by molar-refractivity contribution is 6.30. The van der Waals surface area contributed by atoms with Gasteiger partial charge in [-0.1, -0.05) is 22.9 Å². The molecule has 1 aliphatic rings. The SMILES string of the molecule is Fc1ccc(Cn2cc(CNC3CC3)nn2)cc1Cl. The summed E-state index contributed by atoms with van der Waals surface area (Å²) in [6.45, 7) is 1.28. The summed E-state index contributed by atoms with van der Waals surface area (Å²) in [4.78, 5) is 0. The first-order chi connectivity index (χ1) is 9.20. The number of nitrogens with zero attached hydrogens (tertiary/aromatic N) is 3. The number of rotatable bonds is 5. The zero-order chi connectivity index (χ0) is 13.2. The van der Waals surface area contributed by atoms with E-state index in [0.717, 1.165) is 17.8 Å². The summed E-state index contributed by atoms with van der Waals surface area (Å²) in [6.07, 6.45) is 4.40. The van der Waals surface area contributed by atoms with Crippen LogP contribution in [0.2, 0.25) is 5.02 Å². The number of hydrogen-bond acceptors (Lipinski definition) is 3. The summed E-state index contributed by atoms with van der Waals surface area (Å²) < 4.78 is 14.8. The lowest BCUT2D eigenvalue weighted by Gasteiger charge is -2.02. The molecule has 0 amide bonds. The van der Waals surface area contributed by atoms with Crippen molar-refractivity contribution >= 4 is 11.6 Å². The second-order valence-corrected chi connectivity index (χ2v) is 5.22. The Kier molecular flexibility index (Phi) is 3.48. The third-order valence-electron chi connectivity index (χ3n) is 3.06. The molecule has 0 aliphatic heterocycles. The van der Waals surface area contributed by atoms with Gasteiger partial charge in [-0.3, -0.25) is 0 Å². The minimum Gasteiger partial charge on any atom is -0.308 e. The first-order valence-corrected chi connectivity index (χ1v) is 6.65. The van der Waals surface area contributed by atoms with E-state index in [9.17, 15) is 4.39 Å². The average Bonchev–Trinajstić information content (AvgIpc) is 3.12. The van der Waals surface area contributed by atoms with Gasteiger partial charge in [-0.05, 0) is 30.5 Å². The molecule has 0 saturated heterocycles. The minimum atomic E-state index is -0.404. The molecule has 1 saturated carbocycles. The third kappa shape index (κ3) is 3.30. The molecule has 19 heavy (non-hydrogen) atoms. The number of hydrogen-bond donors (Lipinski definition) is 1. The van der Waals surface area contributed by atoms with E-state index in [1.54, 1.807) is 16.8 Å². The Hall–Kier alpha value is -1.46. The fourth-order valence-electron chi connectivity index (χ4n) is 1.86. The maximum Gasteiger partial charge on any atom is 0.141 e. The number of benzene rings is 1. The van der Waals surface area contributed by atoms with Crippen LogP contribution in [-0.2, 0) is 13.1 Å². The minimum absolute atomic E-state index is 0.133. The van der Waals surface area contributed by atoms with Crippen LogP contribution >= 0.6 is 11.6 Å². The molecule has 0 spiro atoms. The van der Waals surface area contributed by atoms with Crippen molar-refractivity contribution in [3.05, 3.63) is 46.5 Å². The molecule has 1 aliphatic carbocycles. The molecule has 1 aromatic carbocycles. The van der Waals surface area contributed by atoms with Crippen molar-refractivity contribution in [1.29, 1.82) is 0 Å². The van der Waals surface area contributed by atoms with Gasteiger partial charge in [0.05, 0.1) is 23.5 Å². The van der Waals surface area contributed by atoms with Crippen LogP contribution in [0.15, 0.2) is 24.4 Å². The van der Waals surface area contributed by atoms with Crippen LogP contribution in [0.5, 0.6) is 0 Å². The van der Waals surface area contributed by atoms with Crippen molar-refractivity contribution in [1.82, 2.24) is 20.3 Å². The van der Waals surface area contributed by atoms with Gasteiger partial charge in [0.2, 0.25) is 0 Å². The van der Waals surface area contributed by atoms with E-state index in [4.69, 9.17) is 11.6 Å². The van der Waals surface area contributed by atoms with Crippen LogP contribution in [-0.4, -0.2) is 21.0 Å². The average molecular weight is 281 g/mol. The molecule has 1 heterocycles. The lowest BCUT2D eigenvalue weighted by atomic mass is 10.2. The largest absolute Gasteiger partial charge is 0.308 e. The zero-order valence-electron chi connectivity index (χ0n) is 10.3. The van der Waals surface area contributed by atoms with Gasteiger partial charge >= 0.3 is 0 Å². The van der Waals surface area contributed by atoms with E-state index >= 15 is 0 Å². The summed E-state index contributed by atoms with van der Waals surface area (Å²) in [6, 6.07) is 5.33. The van der Waals surface area contributed by atoms with Crippen molar-refractivity contribution in [2.24, 2.45) is 0 Å². The van der Waals surface area contributed by atoms with Crippen molar-refractivity contribution in [3.8, 4) is 0 Å². The van der Waals surface area contributed by atoms with Gasteiger partial charge in [0.15, 0.2) is 0 Å². The molecule has 0 atom stereocenters. The van der Waals surface area contributed by atoms with Crippen LogP contribution in [0.25, 0.3) is 0 Å². The third-order valence-corrected chi connectivity index (χ3v) is 3.35. The summed E-state index contributed by atoms with van der Waals surface area (Å²) >= 11 is 5.75. The van der Waals surface area contributed by atoms with Crippen LogP contribution in [0.4, 0.5) is 4.39 Å². The lowest BCUT2D eigenvalue weighted by molar-refractivity contribution is 0.621. The highest BCUT2D eigenvalue weighted by Gasteiger charge is 2.20. The second kappa shape index (κ2) is 5.27. The van der Waals surface area contributed by atoms with Crippen molar-refractivity contribution in [3.63, 3.8) is 0 Å². The summed E-state index contributed by atoms with van der Waals surface area (Å²) in [7, 11) is 0. The summed E-state index contributed by atoms with van der Waals surface area (Å²) in [5.74, 6) is -0.404. The zero-order valence-corrected chi connectivity index (χ0v) is 11.1. The summed E-state index contributed by atoms with van der Waals surface area (Å²) in [5.41, 5.74) is 1.82. The normalized spacial score (nSPS) is 14.8. The predicted octanol–water partition coefficient (Wildman–Crippen LogP) is 2.37. The fraction of sp³-hybridized carbons (Fsp3) is 0.385. The molecule has 6 heteroatoms. The number of aromatic nitrogens is 3. The highest BCUT2D eigenvalue weighted by atomic mass is 35.5. The lowest BCUT2D eigenvalue weighted by Crippen LogP contribution is -2.15. The maximum absolute atomic E-state index is 13.0. The molecular weight excluding hydrogens is 267 g/mol. The molecule has 4 nitrogen and oxygen atoms in total. The Bertz CT molecular complexity index is 580. The van der Waals surface area contributed by atoms with Crippen molar-refractivity contribution in [2.45, 2.75) is 32.0 Å². The Morgan fingerprint density at radius 2 is 2.26 bits per heavy atom. The van der Waals surface area contributed by atoms with E-state index in [2.05, 4.69) is 15.6 Å². The van der Waals surface area contributed by atoms with Gasteiger partial charge in [0.25, 0.3) is 0 Å². The van der Waals surface area contributed by atoms with Crippen LogP contribution in [0, 0.1) is 5.82 Å². The molecule has 1 N–H and O–H groups in total. The van der Waals surface area contributed by atoms with Crippen LogP contribution < -0.4 is 5.32 Å². The Balaban J connectivity index is 1.63. The molecule has 0 unspecified atom stereocenters. The predicted molar refractivity (Wildman–Crippen MR) is 70.4 cm³/mol. The Morgan fingerprint density at radius 3 is 3.00 bits per heavy atom. The fourth-order valence-corrected chi connectivity index (χ4v) is 2.06. The molecule has 2 aromatic rings. The van der Waals surface area contributed by atoms with Gasteiger partial charge in [0, 0.05) is 12.6 Å².